The molecule has 0 aliphatic rings. The van der Waals surface area contributed by atoms with Gasteiger partial charge in [0.2, 0.25) is 0 Å². The third-order valence-corrected chi connectivity index (χ3v) is 3.61. The van der Waals surface area contributed by atoms with E-state index in [-0.39, 0.29) is 18.2 Å². The van der Waals surface area contributed by atoms with Gasteiger partial charge in [-0.1, -0.05) is 30.3 Å². The zero-order valence-corrected chi connectivity index (χ0v) is 13.2. The van der Waals surface area contributed by atoms with Crippen LogP contribution in [0.25, 0.3) is 0 Å². The van der Waals surface area contributed by atoms with Gasteiger partial charge < -0.3 is 15.7 Å². The van der Waals surface area contributed by atoms with Crippen molar-refractivity contribution < 1.29 is 14.3 Å². The first-order chi connectivity index (χ1) is 11.5. The Morgan fingerprint density at radius 1 is 1.25 bits per heavy atom. The van der Waals surface area contributed by atoms with Gasteiger partial charge in [-0.2, -0.15) is 5.26 Å². The molecule has 0 aliphatic heterocycles. The Hall–Kier alpha value is -2.91. The third-order valence-electron chi connectivity index (χ3n) is 3.61. The van der Waals surface area contributed by atoms with Crippen molar-refractivity contribution in [2.75, 3.05) is 6.54 Å². The van der Waals surface area contributed by atoms with Gasteiger partial charge in [0, 0.05) is 12.1 Å². The minimum absolute atomic E-state index is 0.104. The van der Waals surface area contributed by atoms with Gasteiger partial charge in [0.05, 0.1) is 23.8 Å². The Morgan fingerprint density at radius 3 is 2.54 bits per heavy atom. The normalized spacial score (nSPS) is 12.8. The minimum atomic E-state index is -1.12. The SMILES string of the molecule is CC(NC(=O)NCC(O)c1ccccc1F)c1ccc(C#N)cc1. The van der Waals surface area contributed by atoms with E-state index >= 15 is 0 Å². The summed E-state index contributed by atoms with van der Waals surface area (Å²) >= 11 is 0. The molecule has 2 atom stereocenters. The van der Waals surface area contributed by atoms with E-state index in [2.05, 4.69) is 10.6 Å². The molecule has 0 bridgehead atoms. The Kier molecular flexibility index (Phi) is 5.88. The quantitative estimate of drug-likeness (QED) is 0.789. The molecule has 3 N–H and O–H groups in total. The molecule has 2 unspecified atom stereocenters. The molecule has 2 rings (SSSR count). The Balaban J connectivity index is 1.86. The Morgan fingerprint density at radius 2 is 1.92 bits per heavy atom. The number of carbonyl (C=O) groups excluding carboxylic acids is 1. The van der Waals surface area contributed by atoms with Gasteiger partial charge >= 0.3 is 6.03 Å². The number of nitrogens with zero attached hydrogens (tertiary/aromatic N) is 1. The van der Waals surface area contributed by atoms with Crippen LogP contribution in [0.3, 0.4) is 0 Å². The maximum absolute atomic E-state index is 13.5. The van der Waals surface area contributed by atoms with Gasteiger partial charge in [0.25, 0.3) is 0 Å². The second kappa shape index (κ2) is 8.09. The topological polar surface area (TPSA) is 85.2 Å². The van der Waals surface area contributed by atoms with Crippen LogP contribution < -0.4 is 10.6 Å². The molecule has 124 valence electrons. The number of nitrogens with one attached hydrogen (secondary N) is 2. The number of hydrogen-bond donors (Lipinski definition) is 3. The van der Waals surface area contributed by atoms with Gasteiger partial charge in [0.15, 0.2) is 0 Å². The highest BCUT2D eigenvalue weighted by Gasteiger charge is 2.14. The molecular weight excluding hydrogens is 309 g/mol. The second-order valence-electron chi connectivity index (χ2n) is 5.35. The maximum atomic E-state index is 13.5. The van der Waals surface area contributed by atoms with Crippen LogP contribution in [-0.2, 0) is 0 Å². The number of aliphatic hydroxyl groups excluding tert-OH is 1. The van der Waals surface area contributed by atoms with Crippen molar-refractivity contribution in [3.8, 4) is 6.07 Å². The van der Waals surface area contributed by atoms with Crippen LogP contribution in [0.4, 0.5) is 9.18 Å². The average Bonchev–Trinajstić information content (AvgIpc) is 2.60. The highest BCUT2D eigenvalue weighted by Crippen LogP contribution is 2.16. The second-order valence-corrected chi connectivity index (χ2v) is 5.35. The lowest BCUT2D eigenvalue weighted by atomic mass is 10.1. The van der Waals surface area contributed by atoms with Gasteiger partial charge in [-0.05, 0) is 30.7 Å². The molecule has 0 saturated heterocycles. The lowest BCUT2D eigenvalue weighted by Gasteiger charge is -2.17. The summed E-state index contributed by atoms with van der Waals surface area (Å²) in [5.41, 5.74) is 1.53. The standard InChI is InChI=1S/C18H18FN3O2/c1-12(14-8-6-13(10-20)7-9-14)22-18(24)21-11-17(23)15-4-2-3-5-16(15)19/h2-9,12,17,23H,11H2,1H3,(H2,21,22,24). The first-order valence-electron chi connectivity index (χ1n) is 7.48. The number of urea groups is 1. The average molecular weight is 327 g/mol. The molecule has 0 saturated carbocycles. The van der Waals surface area contributed by atoms with E-state index in [0.717, 1.165) is 5.56 Å². The highest BCUT2D eigenvalue weighted by atomic mass is 19.1. The molecule has 2 aromatic carbocycles. The van der Waals surface area contributed by atoms with Gasteiger partial charge in [-0.3, -0.25) is 0 Å². The van der Waals surface area contributed by atoms with Crippen LogP contribution in [0, 0.1) is 17.1 Å². The summed E-state index contributed by atoms with van der Waals surface area (Å²) in [5.74, 6) is -0.516. The molecule has 0 fully saturated rings. The number of rotatable bonds is 5. The van der Waals surface area contributed by atoms with Crippen molar-refractivity contribution in [1.82, 2.24) is 10.6 Å². The van der Waals surface area contributed by atoms with Crippen molar-refractivity contribution >= 4 is 6.03 Å². The minimum Gasteiger partial charge on any atom is -0.386 e. The molecule has 2 amide bonds. The molecule has 0 heterocycles. The third kappa shape index (κ3) is 4.54. The lowest BCUT2D eigenvalue weighted by molar-refractivity contribution is 0.168. The summed E-state index contributed by atoms with van der Waals surface area (Å²) < 4.78 is 13.5. The Labute approximate surface area is 139 Å². The van der Waals surface area contributed by atoms with Crippen molar-refractivity contribution in [3.63, 3.8) is 0 Å². The Bertz CT molecular complexity index is 741. The summed E-state index contributed by atoms with van der Waals surface area (Å²) in [6, 6.07) is 14.0. The van der Waals surface area contributed by atoms with Crippen molar-refractivity contribution in [2.45, 2.75) is 19.1 Å². The monoisotopic (exact) mass is 327 g/mol. The van der Waals surface area contributed by atoms with Crippen LogP contribution in [0.5, 0.6) is 0 Å². The van der Waals surface area contributed by atoms with Crippen molar-refractivity contribution in [1.29, 1.82) is 5.26 Å². The van der Waals surface area contributed by atoms with Crippen LogP contribution >= 0.6 is 0 Å². The number of amides is 2. The number of halogens is 1. The first-order valence-corrected chi connectivity index (χ1v) is 7.48. The zero-order valence-electron chi connectivity index (χ0n) is 13.2. The fourth-order valence-electron chi connectivity index (χ4n) is 2.22. The zero-order chi connectivity index (χ0) is 17.5. The predicted octanol–water partition coefficient (Wildman–Crippen LogP) is 2.79. The number of aliphatic hydroxyl groups is 1. The molecule has 2 aromatic rings. The smallest absolute Gasteiger partial charge is 0.315 e. The van der Waals surface area contributed by atoms with Gasteiger partial charge in [-0.15, -0.1) is 0 Å². The molecule has 5 nitrogen and oxygen atoms in total. The molecule has 0 spiro atoms. The predicted molar refractivity (Wildman–Crippen MR) is 87.5 cm³/mol. The van der Waals surface area contributed by atoms with E-state index in [1.165, 1.54) is 18.2 Å². The van der Waals surface area contributed by atoms with E-state index in [1.807, 2.05) is 6.07 Å². The highest BCUT2D eigenvalue weighted by molar-refractivity contribution is 5.74. The number of benzene rings is 2. The fraction of sp³-hybridized carbons (Fsp3) is 0.222. The summed E-state index contributed by atoms with van der Waals surface area (Å²) in [6.45, 7) is 1.70. The van der Waals surface area contributed by atoms with E-state index < -0.39 is 18.0 Å². The van der Waals surface area contributed by atoms with Crippen LogP contribution in [0.2, 0.25) is 0 Å². The largest absolute Gasteiger partial charge is 0.386 e. The molecular formula is C18H18FN3O2. The van der Waals surface area contributed by atoms with Crippen molar-refractivity contribution in [2.24, 2.45) is 0 Å². The maximum Gasteiger partial charge on any atom is 0.315 e. The van der Waals surface area contributed by atoms with Crippen molar-refractivity contribution in [3.05, 3.63) is 71.0 Å². The number of hydrogen-bond acceptors (Lipinski definition) is 3. The van der Waals surface area contributed by atoms with Crippen LogP contribution in [-0.4, -0.2) is 17.7 Å². The molecule has 6 heteroatoms. The molecule has 0 aliphatic carbocycles. The van der Waals surface area contributed by atoms with Crippen LogP contribution in [0.15, 0.2) is 48.5 Å². The lowest BCUT2D eigenvalue weighted by Crippen LogP contribution is -2.39. The first kappa shape index (κ1) is 17.4. The van der Waals surface area contributed by atoms with E-state index in [4.69, 9.17) is 5.26 Å². The van der Waals surface area contributed by atoms with E-state index in [9.17, 15) is 14.3 Å². The molecule has 24 heavy (non-hydrogen) atoms. The number of carbonyl (C=O) groups is 1. The van der Waals surface area contributed by atoms with Crippen LogP contribution in [0.1, 0.15) is 35.8 Å². The summed E-state index contributed by atoms with van der Waals surface area (Å²) in [6.07, 6.45) is -1.12. The molecule has 0 aromatic heterocycles. The number of nitriles is 1. The fourth-order valence-corrected chi connectivity index (χ4v) is 2.22. The summed E-state index contributed by atoms with van der Waals surface area (Å²) in [7, 11) is 0. The summed E-state index contributed by atoms with van der Waals surface area (Å²) in [5, 5.41) is 23.9. The van der Waals surface area contributed by atoms with E-state index in [0.29, 0.717) is 5.56 Å². The molecule has 0 radical (unpaired) electrons. The van der Waals surface area contributed by atoms with Gasteiger partial charge in [-0.25, -0.2) is 9.18 Å². The van der Waals surface area contributed by atoms with Gasteiger partial charge in [0.1, 0.15) is 5.82 Å². The van der Waals surface area contributed by atoms with E-state index in [1.54, 1.807) is 37.3 Å². The summed E-state index contributed by atoms with van der Waals surface area (Å²) in [4.78, 5) is 11.9.